The van der Waals surface area contributed by atoms with Crippen molar-refractivity contribution in [1.82, 2.24) is 15.1 Å². The fourth-order valence-electron chi connectivity index (χ4n) is 6.25. The van der Waals surface area contributed by atoms with Crippen molar-refractivity contribution < 1.29 is 14.3 Å². The number of anilines is 1. The van der Waals surface area contributed by atoms with Gasteiger partial charge in [-0.1, -0.05) is 56.9 Å². The third-order valence-electron chi connectivity index (χ3n) is 8.86. The molecule has 2 aromatic carbocycles. The minimum atomic E-state index is -0.834. The van der Waals surface area contributed by atoms with E-state index in [1.807, 2.05) is 37.3 Å². The Labute approximate surface area is 263 Å². The number of hydrogen-bond donors (Lipinski definition) is 1. The smallest absolute Gasteiger partial charge is 0.248 e. The molecule has 1 saturated heterocycles. The van der Waals surface area contributed by atoms with Gasteiger partial charge in [-0.05, 0) is 81.0 Å². The van der Waals surface area contributed by atoms with Gasteiger partial charge in [0.1, 0.15) is 17.7 Å². The molecule has 0 radical (unpaired) electrons. The first-order chi connectivity index (χ1) is 20.9. The van der Waals surface area contributed by atoms with Gasteiger partial charge in [0.25, 0.3) is 0 Å². The molecule has 2 aromatic rings. The van der Waals surface area contributed by atoms with E-state index < -0.39 is 6.04 Å². The van der Waals surface area contributed by atoms with Crippen LogP contribution in [0, 0.1) is 6.92 Å². The Kier molecular flexibility index (Phi) is 13.2. The highest BCUT2D eigenvalue weighted by atomic mass is 35.5. The second-order valence-corrected chi connectivity index (χ2v) is 12.6. The lowest BCUT2D eigenvalue weighted by Crippen LogP contribution is -2.48. The maximum absolute atomic E-state index is 14.0. The quantitative estimate of drug-likeness (QED) is 0.206. The zero-order valence-corrected chi connectivity index (χ0v) is 27.2. The molecule has 1 atom stereocenters. The molecule has 4 rings (SSSR count). The molecule has 2 aliphatic rings. The van der Waals surface area contributed by atoms with E-state index in [-0.39, 0.29) is 23.7 Å². The summed E-state index contributed by atoms with van der Waals surface area (Å²) in [5, 5.41) is 3.28. The van der Waals surface area contributed by atoms with Crippen LogP contribution in [0.5, 0.6) is 5.75 Å². The van der Waals surface area contributed by atoms with Crippen LogP contribution >= 0.6 is 11.6 Å². The number of aryl methyl sites for hydroxylation is 2. The van der Waals surface area contributed by atoms with Gasteiger partial charge >= 0.3 is 0 Å². The van der Waals surface area contributed by atoms with Crippen LogP contribution in [-0.2, 0) is 16.0 Å². The van der Waals surface area contributed by atoms with Crippen LogP contribution in [0.1, 0.15) is 81.0 Å². The van der Waals surface area contributed by atoms with Crippen molar-refractivity contribution in [3.8, 4) is 5.75 Å². The summed E-state index contributed by atoms with van der Waals surface area (Å²) in [4.78, 5) is 34.0. The highest BCUT2D eigenvalue weighted by Gasteiger charge is 2.34. The molecule has 0 spiro atoms. The molecule has 1 saturated carbocycles. The second-order valence-electron chi connectivity index (χ2n) is 12.3. The van der Waals surface area contributed by atoms with E-state index in [1.165, 1.54) is 12.0 Å². The number of alkyl halides is 1. The maximum atomic E-state index is 14.0. The summed E-state index contributed by atoms with van der Waals surface area (Å²) in [5.74, 6) is 0.0960. The molecule has 43 heavy (non-hydrogen) atoms. The average Bonchev–Trinajstić information content (AvgIpc) is 3.02. The van der Waals surface area contributed by atoms with Crippen LogP contribution in [0.4, 0.5) is 5.69 Å². The first-order valence-electron chi connectivity index (χ1n) is 16.3. The summed E-state index contributed by atoms with van der Waals surface area (Å²) in [6.45, 7) is 10.3. The van der Waals surface area contributed by atoms with Crippen LogP contribution < -0.4 is 15.0 Å². The molecule has 1 aliphatic heterocycles. The summed E-state index contributed by atoms with van der Waals surface area (Å²) < 4.78 is 6.07. The van der Waals surface area contributed by atoms with E-state index in [0.29, 0.717) is 6.61 Å². The van der Waals surface area contributed by atoms with Crippen LogP contribution in [0.15, 0.2) is 42.5 Å². The van der Waals surface area contributed by atoms with E-state index in [9.17, 15) is 9.59 Å². The van der Waals surface area contributed by atoms with Gasteiger partial charge in [0.05, 0.1) is 6.61 Å². The van der Waals surface area contributed by atoms with Gasteiger partial charge in [-0.3, -0.25) is 14.5 Å². The van der Waals surface area contributed by atoms with Crippen molar-refractivity contribution >= 4 is 29.1 Å². The lowest BCUT2D eigenvalue weighted by atomic mass is 9.94. The van der Waals surface area contributed by atoms with Crippen LogP contribution in [0.25, 0.3) is 0 Å². The summed E-state index contributed by atoms with van der Waals surface area (Å²) in [5.41, 5.74) is 3.66. The number of carbonyl (C=O) groups is 2. The van der Waals surface area contributed by atoms with Gasteiger partial charge in [-0.2, -0.15) is 0 Å². The highest BCUT2D eigenvalue weighted by Crippen LogP contribution is 2.33. The number of piperazine rings is 1. The average molecular weight is 611 g/mol. The monoisotopic (exact) mass is 610 g/mol. The zero-order valence-electron chi connectivity index (χ0n) is 26.5. The fraction of sp³-hybridized carbons (Fsp3) is 0.600. The number of amides is 2. The maximum Gasteiger partial charge on any atom is 0.248 e. The number of benzene rings is 2. The van der Waals surface area contributed by atoms with Gasteiger partial charge < -0.3 is 19.9 Å². The molecule has 8 heteroatoms. The van der Waals surface area contributed by atoms with E-state index >= 15 is 0 Å². The standard InChI is InChI=1S/C35H51ClN4O3/c1-4-5-10-28-13-18-32(27(2)25-28)40(33(41)26-36)34(35(42)37-30-11-7-6-8-12-30)29-14-16-31(17-15-29)43-24-9-19-39-22-20-38(3)21-23-39/h13-18,25,30,34H,4-12,19-24,26H2,1-3H3,(H,37,42). The Hall–Kier alpha value is -2.61. The molecule has 2 fully saturated rings. The molecule has 1 N–H and O–H groups in total. The predicted molar refractivity (Wildman–Crippen MR) is 176 cm³/mol. The highest BCUT2D eigenvalue weighted by molar-refractivity contribution is 6.30. The lowest BCUT2D eigenvalue weighted by molar-refractivity contribution is -0.126. The van der Waals surface area contributed by atoms with Crippen LogP contribution in [0.3, 0.4) is 0 Å². The lowest BCUT2D eigenvalue weighted by Gasteiger charge is -2.34. The van der Waals surface area contributed by atoms with Gasteiger partial charge in [0.2, 0.25) is 11.8 Å². The second kappa shape index (κ2) is 17.0. The zero-order chi connectivity index (χ0) is 30.6. The van der Waals surface area contributed by atoms with Crippen molar-refractivity contribution in [2.24, 2.45) is 0 Å². The minimum Gasteiger partial charge on any atom is -0.494 e. The summed E-state index contributed by atoms with van der Waals surface area (Å²) in [6, 6.07) is 13.1. The van der Waals surface area contributed by atoms with Gasteiger partial charge in [-0.15, -0.1) is 11.6 Å². The molecule has 1 unspecified atom stereocenters. The molecule has 0 bridgehead atoms. The first-order valence-corrected chi connectivity index (χ1v) is 16.8. The molecule has 2 amide bonds. The van der Waals surface area contributed by atoms with Crippen molar-refractivity contribution in [3.63, 3.8) is 0 Å². The Bertz CT molecular complexity index is 1160. The third-order valence-corrected chi connectivity index (χ3v) is 9.09. The van der Waals surface area contributed by atoms with Gasteiger partial charge in [-0.25, -0.2) is 0 Å². The summed E-state index contributed by atoms with van der Waals surface area (Å²) in [7, 11) is 2.17. The Morgan fingerprint density at radius 3 is 2.40 bits per heavy atom. The van der Waals surface area contributed by atoms with Crippen molar-refractivity contribution in [2.75, 3.05) is 57.2 Å². The molecule has 1 aliphatic carbocycles. The third kappa shape index (κ3) is 9.69. The molecular formula is C35H51ClN4O3. The Morgan fingerprint density at radius 2 is 1.74 bits per heavy atom. The van der Waals surface area contributed by atoms with E-state index in [1.54, 1.807) is 4.90 Å². The first kappa shape index (κ1) is 33.3. The van der Waals surface area contributed by atoms with Crippen LogP contribution in [0.2, 0.25) is 0 Å². The van der Waals surface area contributed by atoms with Crippen molar-refractivity contribution in [2.45, 2.75) is 83.7 Å². The largest absolute Gasteiger partial charge is 0.494 e. The summed E-state index contributed by atoms with van der Waals surface area (Å²) in [6.07, 6.45) is 9.54. The number of likely N-dealkylation sites (N-methyl/N-ethyl adjacent to an activating group) is 1. The predicted octanol–water partition coefficient (Wildman–Crippen LogP) is 6.12. The number of hydrogen-bond acceptors (Lipinski definition) is 5. The van der Waals surface area contributed by atoms with Crippen molar-refractivity contribution in [1.29, 1.82) is 0 Å². The molecular weight excluding hydrogens is 560 g/mol. The number of carbonyl (C=O) groups excluding carboxylic acids is 2. The normalized spacial score (nSPS) is 17.4. The summed E-state index contributed by atoms with van der Waals surface area (Å²) >= 11 is 6.19. The van der Waals surface area contributed by atoms with Gasteiger partial charge in [0.15, 0.2) is 0 Å². The molecule has 1 heterocycles. The Morgan fingerprint density at radius 1 is 1.02 bits per heavy atom. The number of halogens is 1. The Balaban J connectivity index is 1.53. The number of nitrogens with one attached hydrogen (secondary N) is 1. The number of rotatable bonds is 14. The van der Waals surface area contributed by atoms with E-state index in [0.717, 1.165) is 107 Å². The van der Waals surface area contributed by atoms with E-state index in [2.05, 4.69) is 41.2 Å². The number of nitrogens with zero attached hydrogens (tertiary/aromatic N) is 3. The number of ether oxygens (including phenoxy) is 1. The van der Waals surface area contributed by atoms with E-state index in [4.69, 9.17) is 16.3 Å². The van der Waals surface area contributed by atoms with Gasteiger partial charge in [0, 0.05) is 44.5 Å². The molecule has 236 valence electrons. The van der Waals surface area contributed by atoms with Crippen LogP contribution in [-0.4, -0.2) is 79.9 Å². The molecule has 7 nitrogen and oxygen atoms in total. The topological polar surface area (TPSA) is 65.1 Å². The van der Waals surface area contributed by atoms with Crippen molar-refractivity contribution in [3.05, 3.63) is 59.2 Å². The number of unbranched alkanes of at least 4 members (excludes halogenated alkanes) is 1. The SMILES string of the molecule is CCCCc1ccc(N(C(=O)CCl)C(C(=O)NC2CCCCC2)c2ccc(OCCCN3CCN(C)CC3)cc2)c(C)c1. The fourth-order valence-corrected chi connectivity index (χ4v) is 6.38. The minimum absolute atomic E-state index is 0.122. The molecule has 0 aromatic heterocycles.